The first-order chi connectivity index (χ1) is 7.22. The molecule has 0 aromatic carbocycles. The molecule has 1 aliphatic rings. The van der Waals surface area contributed by atoms with Gasteiger partial charge >= 0.3 is 0 Å². The second-order valence-corrected chi connectivity index (χ2v) is 4.30. The van der Waals surface area contributed by atoms with Crippen LogP contribution < -0.4 is 10.5 Å². The van der Waals surface area contributed by atoms with Gasteiger partial charge in [-0.1, -0.05) is 13.0 Å². The smallest absolute Gasteiger partial charge is 0.213 e. The van der Waals surface area contributed by atoms with E-state index in [4.69, 9.17) is 15.2 Å². The summed E-state index contributed by atoms with van der Waals surface area (Å²) in [6.07, 6.45) is 1.74. The highest BCUT2D eigenvalue weighted by molar-refractivity contribution is 5.17. The Kier molecular flexibility index (Phi) is 2.88. The van der Waals surface area contributed by atoms with Crippen LogP contribution in [0.3, 0.4) is 0 Å². The number of ether oxygens (including phenoxy) is 2. The van der Waals surface area contributed by atoms with E-state index in [1.807, 2.05) is 12.1 Å². The zero-order valence-corrected chi connectivity index (χ0v) is 8.90. The first-order valence-electron chi connectivity index (χ1n) is 5.07. The number of rotatable bonds is 4. The maximum absolute atomic E-state index is 5.58. The minimum absolute atomic E-state index is 0.161. The molecule has 0 amide bonds. The zero-order valence-electron chi connectivity index (χ0n) is 8.90. The standard InChI is InChI=1S/C11H16N2O2/c1-11(6-14-7-11)8-15-10-3-2-9(4-12)5-13-10/h2-3,5H,4,6-8,12H2,1H3. The topological polar surface area (TPSA) is 57.4 Å². The van der Waals surface area contributed by atoms with Crippen molar-refractivity contribution < 1.29 is 9.47 Å². The molecule has 1 fully saturated rings. The molecule has 1 aromatic heterocycles. The van der Waals surface area contributed by atoms with Gasteiger partial charge in [-0.3, -0.25) is 0 Å². The molecule has 82 valence electrons. The third-order valence-electron chi connectivity index (χ3n) is 2.50. The van der Waals surface area contributed by atoms with Crippen LogP contribution in [0.25, 0.3) is 0 Å². The van der Waals surface area contributed by atoms with Crippen molar-refractivity contribution >= 4 is 0 Å². The molecule has 1 aliphatic heterocycles. The van der Waals surface area contributed by atoms with Crippen LogP contribution in [0.4, 0.5) is 0 Å². The van der Waals surface area contributed by atoms with Crippen LogP contribution in [-0.2, 0) is 11.3 Å². The minimum atomic E-state index is 0.161. The molecule has 1 aromatic rings. The number of nitrogens with two attached hydrogens (primary N) is 1. The van der Waals surface area contributed by atoms with Gasteiger partial charge < -0.3 is 15.2 Å². The van der Waals surface area contributed by atoms with Crippen LogP contribution in [0.2, 0.25) is 0 Å². The van der Waals surface area contributed by atoms with E-state index in [1.54, 1.807) is 6.20 Å². The number of aromatic nitrogens is 1. The van der Waals surface area contributed by atoms with E-state index in [2.05, 4.69) is 11.9 Å². The summed E-state index contributed by atoms with van der Waals surface area (Å²) < 4.78 is 10.7. The Morgan fingerprint density at radius 2 is 2.33 bits per heavy atom. The largest absolute Gasteiger partial charge is 0.477 e. The molecule has 2 heterocycles. The molecule has 4 heteroatoms. The lowest BCUT2D eigenvalue weighted by Gasteiger charge is -2.37. The molecule has 0 bridgehead atoms. The van der Waals surface area contributed by atoms with E-state index in [0.29, 0.717) is 19.0 Å². The van der Waals surface area contributed by atoms with E-state index in [0.717, 1.165) is 18.8 Å². The fourth-order valence-electron chi connectivity index (χ4n) is 1.40. The summed E-state index contributed by atoms with van der Waals surface area (Å²) in [5.41, 5.74) is 6.65. The van der Waals surface area contributed by atoms with Gasteiger partial charge in [-0.05, 0) is 5.56 Å². The van der Waals surface area contributed by atoms with Gasteiger partial charge in [0.25, 0.3) is 0 Å². The van der Waals surface area contributed by atoms with Gasteiger partial charge in [-0.25, -0.2) is 4.98 Å². The predicted molar refractivity (Wildman–Crippen MR) is 56.5 cm³/mol. The summed E-state index contributed by atoms with van der Waals surface area (Å²) in [7, 11) is 0. The summed E-state index contributed by atoms with van der Waals surface area (Å²) in [5.74, 6) is 0.653. The fourth-order valence-corrected chi connectivity index (χ4v) is 1.40. The second kappa shape index (κ2) is 4.16. The van der Waals surface area contributed by atoms with E-state index < -0.39 is 0 Å². The maximum Gasteiger partial charge on any atom is 0.213 e. The molecule has 2 rings (SSSR count). The lowest BCUT2D eigenvalue weighted by molar-refractivity contribution is -0.120. The Balaban J connectivity index is 1.87. The van der Waals surface area contributed by atoms with Crippen molar-refractivity contribution in [1.29, 1.82) is 0 Å². The van der Waals surface area contributed by atoms with E-state index >= 15 is 0 Å². The highest BCUT2D eigenvalue weighted by atomic mass is 16.5. The molecule has 0 spiro atoms. The summed E-state index contributed by atoms with van der Waals surface area (Å²) >= 11 is 0. The van der Waals surface area contributed by atoms with Crippen LogP contribution in [-0.4, -0.2) is 24.8 Å². The number of hydrogen-bond acceptors (Lipinski definition) is 4. The van der Waals surface area contributed by atoms with Gasteiger partial charge in [-0.2, -0.15) is 0 Å². The van der Waals surface area contributed by atoms with Gasteiger partial charge in [0.15, 0.2) is 0 Å². The number of hydrogen-bond donors (Lipinski definition) is 1. The average Bonchev–Trinajstić information content (AvgIpc) is 2.24. The van der Waals surface area contributed by atoms with Gasteiger partial charge in [-0.15, -0.1) is 0 Å². The van der Waals surface area contributed by atoms with Gasteiger partial charge in [0, 0.05) is 24.2 Å². The molecule has 2 N–H and O–H groups in total. The molecule has 0 aliphatic carbocycles. The minimum Gasteiger partial charge on any atom is -0.477 e. The van der Waals surface area contributed by atoms with Crippen LogP contribution in [0, 0.1) is 5.41 Å². The fraction of sp³-hybridized carbons (Fsp3) is 0.545. The van der Waals surface area contributed by atoms with Crippen molar-refractivity contribution in [3.63, 3.8) is 0 Å². The quantitative estimate of drug-likeness (QED) is 0.800. The molecule has 1 saturated heterocycles. The van der Waals surface area contributed by atoms with Crippen molar-refractivity contribution in [2.24, 2.45) is 11.1 Å². The molecule has 4 nitrogen and oxygen atoms in total. The van der Waals surface area contributed by atoms with Crippen LogP contribution in [0.15, 0.2) is 18.3 Å². The van der Waals surface area contributed by atoms with Crippen molar-refractivity contribution in [3.05, 3.63) is 23.9 Å². The van der Waals surface area contributed by atoms with Crippen LogP contribution in [0.1, 0.15) is 12.5 Å². The molecular weight excluding hydrogens is 192 g/mol. The summed E-state index contributed by atoms with van der Waals surface area (Å²) in [6, 6.07) is 3.78. The highest BCUT2D eigenvalue weighted by Crippen LogP contribution is 2.26. The predicted octanol–water partition coefficient (Wildman–Crippen LogP) is 0.956. The number of nitrogens with zero attached hydrogens (tertiary/aromatic N) is 1. The first kappa shape index (κ1) is 10.4. The van der Waals surface area contributed by atoms with Gasteiger partial charge in [0.2, 0.25) is 5.88 Å². The summed E-state index contributed by atoms with van der Waals surface area (Å²) in [5, 5.41) is 0. The summed E-state index contributed by atoms with van der Waals surface area (Å²) in [6.45, 7) is 4.85. The molecule has 0 atom stereocenters. The van der Waals surface area contributed by atoms with Crippen molar-refractivity contribution in [2.45, 2.75) is 13.5 Å². The van der Waals surface area contributed by atoms with Crippen molar-refractivity contribution in [2.75, 3.05) is 19.8 Å². The Bertz CT molecular complexity index is 320. The average molecular weight is 208 g/mol. The van der Waals surface area contributed by atoms with Crippen LogP contribution >= 0.6 is 0 Å². The molecule has 15 heavy (non-hydrogen) atoms. The Labute approximate surface area is 89.4 Å². The second-order valence-electron chi connectivity index (χ2n) is 4.30. The third kappa shape index (κ3) is 2.46. The van der Waals surface area contributed by atoms with Crippen molar-refractivity contribution in [1.82, 2.24) is 4.98 Å². The Morgan fingerprint density at radius 3 is 2.80 bits per heavy atom. The normalized spacial score (nSPS) is 18.3. The molecule has 0 saturated carbocycles. The number of pyridine rings is 1. The zero-order chi connectivity index (χ0) is 10.7. The molecule has 0 unspecified atom stereocenters. The Hall–Kier alpha value is -1.13. The lowest BCUT2D eigenvalue weighted by Crippen LogP contribution is -2.44. The SMILES string of the molecule is CC1(COc2ccc(CN)cn2)COC1. The van der Waals surface area contributed by atoms with Gasteiger partial charge in [0.1, 0.15) is 0 Å². The third-order valence-corrected chi connectivity index (χ3v) is 2.50. The lowest BCUT2D eigenvalue weighted by atomic mass is 9.90. The summed E-state index contributed by atoms with van der Waals surface area (Å²) in [4.78, 5) is 4.17. The van der Waals surface area contributed by atoms with Gasteiger partial charge in [0.05, 0.1) is 19.8 Å². The monoisotopic (exact) mass is 208 g/mol. The molecular formula is C11H16N2O2. The van der Waals surface area contributed by atoms with Crippen LogP contribution in [0.5, 0.6) is 5.88 Å². The first-order valence-corrected chi connectivity index (χ1v) is 5.07. The van der Waals surface area contributed by atoms with E-state index in [-0.39, 0.29) is 5.41 Å². The maximum atomic E-state index is 5.58. The van der Waals surface area contributed by atoms with Crippen molar-refractivity contribution in [3.8, 4) is 5.88 Å². The van der Waals surface area contributed by atoms with E-state index in [1.165, 1.54) is 0 Å². The van der Waals surface area contributed by atoms with E-state index in [9.17, 15) is 0 Å². The highest BCUT2D eigenvalue weighted by Gasteiger charge is 2.34. The molecule has 0 radical (unpaired) electrons. The Morgan fingerprint density at radius 1 is 1.53 bits per heavy atom.